The number of hydrogen-bond donors (Lipinski definition) is 2. The van der Waals surface area contributed by atoms with Gasteiger partial charge in [-0.15, -0.1) is 0 Å². The van der Waals surface area contributed by atoms with Crippen molar-refractivity contribution in [3.8, 4) is 0 Å². The molecular formula is C10H18NO4P. The monoisotopic (exact) mass is 247 g/mol. The van der Waals surface area contributed by atoms with Gasteiger partial charge < -0.3 is 19.4 Å². The highest BCUT2D eigenvalue weighted by atomic mass is 31.2. The Labute approximate surface area is 96.6 Å². The average molecular weight is 247 g/mol. The summed E-state index contributed by atoms with van der Waals surface area (Å²) < 4.78 is 4.91. The zero-order valence-electron chi connectivity index (χ0n) is 9.43. The van der Waals surface area contributed by atoms with E-state index in [1.54, 1.807) is 11.8 Å². The Balaban J connectivity index is 2.33. The molecule has 0 aromatic carbocycles. The van der Waals surface area contributed by atoms with Crippen LogP contribution in [0.25, 0.3) is 0 Å². The third-order valence-corrected chi connectivity index (χ3v) is 2.98. The third kappa shape index (κ3) is 4.47. The normalized spacial score (nSPS) is 16.5. The molecule has 1 amide bonds. The van der Waals surface area contributed by atoms with Gasteiger partial charge in [-0.25, -0.2) is 4.79 Å². The molecule has 6 heteroatoms. The van der Waals surface area contributed by atoms with Crippen LogP contribution in [-0.4, -0.2) is 46.6 Å². The highest BCUT2D eigenvalue weighted by Gasteiger charge is 2.19. The van der Waals surface area contributed by atoms with Crippen molar-refractivity contribution < 1.29 is 19.3 Å². The first-order chi connectivity index (χ1) is 7.63. The van der Waals surface area contributed by atoms with Crippen molar-refractivity contribution in [1.29, 1.82) is 0 Å². The molecule has 0 aromatic rings. The molecule has 0 spiro atoms. The number of allylic oxidation sites excluding steroid dienone is 1. The molecule has 0 aliphatic carbocycles. The lowest BCUT2D eigenvalue weighted by atomic mass is 10.0. The number of rotatable bonds is 3. The van der Waals surface area contributed by atoms with Crippen LogP contribution in [0.5, 0.6) is 0 Å². The Morgan fingerprint density at radius 3 is 2.62 bits per heavy atom. The Morgan fingerprint density at radius 1 is 1.50 bits per heavy atom. The molecule has 1 rings (SSSR count). The Kier molecular flexibility index (Phi) is 5.74. The lowest BCUT2D eigenvalue weighted by Gasteiger charge is -2.27. The number of likely N-dealkylation sites (tertiary alicyclic amines) is 1. The molecule has 1 saturated heterocycles. The van der Waals surface area contributed by atoms with Gasteiger partial charge in [-0.05, 0) is 19.8 Å². The summed E-state index contributed by atoms with van der Waals surface area (Å²) in [4.78, 5) is 30.6. The molecule has 0 unspecified atom stereocenters. The van der Waals surface area contributed by atoms with Gasteiger partial charge in [0.2, 0.25) is 0 Å². The highest BCUT2D eigenvalue weighted by molar-refractivity contribution is 7.45. The maximum atomic E-state index is 11.4. The number of carbonyl (C=O) groups is 1. The van der Waals surface area contributed by atoms with Crippen LogP contribution >= 0.6 is 8.38 Å². The van der Waals surface area contributed by atoms with Crippen LogP contribution < -0.4 is 0 Å². The van der Waals surface area contributed by atoms with Crippen molar-refractivity contribution in [2.75, 3.05) is 25.9 Å². The summed E-state index contributed by atoms with van der Waals surface area (Å²) in [6.07, 6.45) is 3.52. The number of hydrogen-bond acceptors (Lipinski definition) is 4. The van der Waals surface area contributed by atoms with Crippen LogP contribution in [0, 0.1) is 0 Å². The molecule has 1 fully saturated rings. The van der Waals surface area contributed by atoms with E-state index in [-0.39, 0.29) is 6.09 Å². The fourth-order valence-electron chi connectivity index (χ4n) is 1.61. The molecule has 1 aliphatic rings. The number of ether oxygens (including phenoxy) is 1. The first kappa shape index (κ1) is 13.4. The molecule has 0 radical (unpaired) electrons. The van der Waals surface area contributed by atoms with Crippen LogP contribution in [-0.2, 0) is 4.74 Å². The second-order valence-corrected chi connectivity index (χ2v) is 4.71. The summed E-state index contributed by atoms with van der Waals surface area (Å²) >= 11 is 0. The lowest BCUT2D eigenvalue weighted by molar-refractivity contribution is 0.104. The van der Waals surface area contributed by atoms with E-state index in [0.29, 0.717) is 25.9 Å². The summed E-state index contributed by atoms with van der Waals surface area (Å²) in [6, 6.07) is 0. The minimum absolute atomic E-state index is 0.256. The van der Waals surface area contributed by atoms with Gasteiger partial charge in [0.15, 0.2) is 8.38 Å². The summed E-state index contributed by atoms with van der Waals surface area (Å²) in [5.74, 6) is 0. The molecule has 16 heavy (non-hydrogen) atoms. The van der Waals surface area contributed by atoms with Crippen LogP contribution in [0.3, 0.4) is 0 Å². The first-order valence-electron chi connectivity index (χ1n) is 5.38. The van der Waals surface area contributed by atoms with Gasteiger partial charge in [-0.1, -0.05) is 11.6 Å². The predicted octanol–water partition coefficient (Wildman–Crippen LogP) is 1.46. The molecule has 1 aliphatic heterocycles. The molecule has 2 N–H and O–H groups in total. The molecule has 0 saturated carbocycles. The van der Waals surface area contributed by atoms with Crippen LogP contribution in [0.2, 0.25) is 0 Å². The average Bonchev–Trinajstić information content (AvgIpc) is 2.27. The molecule has 1 heterocycles. The fourth-order valence-corrected chi connectivity index (χ4v) is 2.03. The SMILES string of the molecule is CCOC(=O)N1CCC(=CCP(O)O)CC1. The standard InChI is InChI=1S/C10H18NO4P/c1-2-15-10(12)11-6-3-9(4-7-11)5-8-16(13)14/h5,13-14H,2-4,6-8H2,1H3. The van der Waals surface area contributed by atoms with Crippen LogP contribution in [0.1, 0.15) is 19.8 Å². The van der Waals surface area contributed by atoms with E-state index in [9.17, 15) is 4.79 Å². The van der Waals surface area contributed by atoms with E-state index in [1.165, 1.54) is 5.57 Å². The van der Waals surface area contributed by atoms with Gasteiger partial charge in [-0.3, -0.25) is 0 Å². The van der Waals surface area contributed by atoms with E-state index >= 15 is 0 Å². The third-order valence-electron chi connectivity index (χ3n) is 2.47. The van der Waals surface area contributed by atoms with Gasteiger partial charge in [0, 0.05) is 19.3 Å². The van der Waals surface area contributed by atoms with Gasteiger partial charge in [0.25, 0.3) is 0 Å². The van der Waals surface area contributed by atoms with Crippen molar-refractivity contribution in [1.82, 2.24) is 4.90 Å². The summed E-state index contributed by atoms with van der Waals surface area (Å²) in [5.41, 5.74) is 1.19. The van der Waals surface area contributed by atoms with E-state index < -0.39 is 8.38 Å². The number of carbonyl (C=O) groups excluding carboxylic acids is 1. The Hall–Kier alpha value is -0.640. The highest BCUT2D eigenvalue weighted by Crippen LogP contribution is 2.25. The first-order valence-corrected chi connectivity index (χ1v) is 6.81. The lowest BCUT2D eigenvalue weighted by Crippen LogP contribution is -2.36. The second-order valence-electron chi connectivity index (χ2n) is 3.60. The minimum atomic E-state index is -1.84. The van der Waals surface area contributed by atoms with Crippen molar-refractivity contribution in [3.05, 3.63) is 11.6 Å². The molecule has 0 atom stereocenters. The topological polar surface area (TPSA) is 70.0 Å². The van der Waals surface area contributed by atoms with E-state index in [2.05, 4.69) is 0 Å². The number of amides is 1. The van der Waals surface area contributed by atoms with E-state index in [1.807, 2.05) is 6.08 Å². The van der Waals surface area contributed by atoms with Crippen molar-refractivity contribution in [3.63, 3.8) is 0 Å². The molecular weight excluding hydrogens is 229 g/mol. The van der Waals surface area contributed by atoms with Gasteiger partial charge in [0.1, 0.15) is 0 Å². The van der Waals surface area contributed by atoms with Crippen molar-refractivity contribution in [2.24, 2.45) is 0 Å². The molecule has 92 valence electrons. The molecule has 0 aromatic heterocycles. The van der Waals surface area contributed by atoms with Gasteiger partial charge in [-0.2, -0.15) is 0 Å². The van der Waals surface area contributed by atoms with Gasteiger partial charge >= 0.3 is 6.09 Å². The summed E-state index contributed by atoms with van der Waals surface area (Å²) in [6.45, 7) is 3.49. The zero-order valence-corrected chi connectivity index (χ0v) is 10.3. The second kappa shape index (κ2) is 6.84. The van der Waals surface area contributed by atoms with Gasteiger partial charge in [0.05, 0.1) is 6.61 Å². The molecule has 0 bridgehead atoms. The van der Waals surface area contributed by atoms with Crippen LogP contribution in [0.15, 0.2) is 11.6 Å². The minimum Gasteiger partial charge on any atom is -0.450 e. The van der Waals surface area contributed by atoms with E-state index in [0.717, 1.165) is 12.8 Å². The molecule has 5 nitrogen and oxygen atoms in total. The van der Waals surface area contributed by atoms with Crippen molar-refractivity contribution >= 4 is 14.5 Å². The van der Waals surface area contributed by atoms with Crippen LogP contribution in [0.4, 0.5) is 4.79 Å². The predicted molar refractivity (Wildman–Crippen MR) is 62.1 cm³/mol. The van der Waals surface area contributed by atoms with E-state index in [4.69, 9.17) is 14.5 Å². The quantitative estimate of drug-likeness (QED) is 0.585. The number of piperidine rings is 1. The largest absolute Gasteiger partial charge is 0.450 e. The summed E-state index contributed by atoms with van der Waals surface area (Å²) in [5, 5.41) is 0. The van der Waals surface area contributed by atoms with Crippen molar-refractivity contribution in [2.45, 2.75) is 19.8 Å². The maximum absolute atomic E-state index is 11.4. The smallest absolute Gasteiger partial charge is 0.409 e. The number of nitrogens with zero attached hydrogens (tertiary/aromatic N) is 1. The Morgan fingerprint density at radius 2 is 2.12 bits per heavy atom. The maximum Gasteiger partial charge on any atom is 0.409 e. The Bertz CT molecular complexity index is 258. The summed E-state index contributed by atoms with van der Waals surface area (Å²) in [7, 11) is -1.84. The fraction of sp³-hybridized carbons (Fsp3) is 0.700. The zero-order chi connectivity index (χ0) is 12.0.